The Hall–Kier alpha value is -2.79. The minimum atomic E-state index is -3.60. The Morgan fingerprint density at radius 2 is 1.72 bits per heavy atom. The zero-order valence-electron chi connectivity index (χ0n) is 16.7. The van der Waals surface area contributed by atoms with Crippen molar-refractivity contribution in [1.82, 2.24) is 33.4 Å². The SMILES string of the molecule is CCn1cc(S(=O)(=O)N2CCN(c3cc(-n4ccnc4C)ncn3)CC2)nc1C. The number of anilines is 1. The van der Waals surface area contributed by atoms with Crippen molar-refractivity contribution in [2.75, 3.05) is 31.1 Å². The first-order valence-electron chi connectivity index (χ1n) is 9.51. The lowest BCUT2D eigenvalue weighted by atomic mass is 10.3. The van der Waals surface area contributed by atoms with Gasteiger partial charge in [-0.05, 0) is 20.8 Å². The minimum absolute atomic E-state index is 0.116. The number of hydrogen-bond donors (Lipinski definition) is 0. The van der Waals surface area contributed by atoms with Crippen LogP contribution in [0.4, 0.5) is 5.82 Å². The van der Waals surface area contributed by atoms with Gasteiger partial charge < -0.3 is 9.47 Å². The van der Waals surface area contributed by atoms with E-state index >= 15 is 0 Å². The van der Waals surface area contributed by atoms with Gasteiger partial charge in [0.1, 0.15) is 29.6 Å². The molecule has 1 aliphatic rings. The lowest BCUT2D eigenvalue weighted by Crippen LogP contribution is -2.49. The zero-order chi connectivity index (χ0) is 20.6. The van der Waals surface area contributed by atoms with Crippen LogP contribution in [0.15, 0.2) is 36.0 Å². The topological polar surface area (TPSA) is 102 Å². The predicted molar refractivity (Wildman–Crippen MR) is 108 cm³/mol. The molecule has 3 aromatic rings. The molecule has 0 spiro atoms. The second-order valence-corrected chi connectivity index (χ2v) is 8.77. The predicted octanol–water partition coefficient (Wildman–Crippen LogP) is 1.01. The van der Waals surface area contributed by atoms with Crippen LogP contribution in [0.25, 0.3) is 5.82 Å². The highest BCUT2D eigenvalue weighted by molar-refractivity contribution is 7.89. The Kier molecular flexibility index (Phi) is 5.09. The first kappa shape index (κ1) is 19.5. The van der Waals surface area contributed by atoms with Crippen molar-refractivity contribution in [3.05, 3.63) is 42.6 Å². The maximum Gasteiger partial charge on any atom is 0.262 e. The summed E-state index contributed by atoms with van der Waals surface area (Å²) in [4.78, 5) is 19.2. The van der Waals surface area contributed by atoms with Crippen LogP contribution in [-0.2, 0) is 16.6 Å². The summed E-state index contributed by atoms with van der Waals surface area (Å²) >= 11 is 0. The number of hydrogen-bond acceptors (Lipinski definition) is 7. The lowest BCUT2D eigenvalue weighted by Gasteiger charge is -2.34. The van der Waals surface area contributed by atoms with Crippen molar-refractivity contribution >= 4 is 15.8 Å². The molecule has 11 heteroatoms. The van der Waals surface area contributed by atoms with E-state index < -0.39 is 10.0 Å². The maximum absolute atomic E-state index is 13.0. The number of aromatic nitrogens is 6. The zero-order valence-corrected chi connectivity index (χ0v) is 17.5. The van der Waals surface area contributed by atoms with Gasteiger partial charge in [-0.2, -0.15) is 4.31 Å². The van der Waals surface area contributed by atoms with E-state index in [1.54, 1.807) is 12.4 Å². The maximum atomic E-state index is 13.0. The summed E-state index contributed by atoms with van der Waals surface area (Å²) in [6.07, 6.45) is 6.71. The molecule has 0 aliphatic carbocycles. The number of nitrogens with zero attached hydrogens (tertiary/aromatic N) is 8. The minimum Gasteiger partial charge on any atom is -0.354 e. The first-order chi connectivity index (χ1) is 13.9. The van der Waals surface area contributed by atoms with E-state index in [1.165, 1.54) is 10.6 Å². The van der Waals surface area contributed by atoms with Gasteiger partial charge in [-0.1, -0.05) is 0 Å². The highest BCUT2D eigenvalue weighted by atomic mass is 32.2. The quantitative estimate of drug-likeness (QED) is 0.611. The van der Waals surface area contributed by atoms with Gasteiger partial charge in [0.2, 0.25) is 0 Å². The Balaban J connectivity index is 1.49. The van der Waals surface area contributed by atoms with Crippen LogP contribution >= 0.6 is 0 Å². The molecular weight excluding hydrogens is 392 g/mol. The van der Waals surface area contributed by atoms with Crippen molar-refractivity contribution in [3.8, 4) is 5.82 Å². The molecule has 4 heterocycles. The van der Waals surface area contributed by atoms with E-state index in [0.717, 1.165) is 17.5 Å². The van der Waals surface area contributed by atoms with Crippen LogP contribution in [0.1, 0.15) is 18.6 Å². The molecule has 1 fully saturated rings. The molecular formula is C18H24N8O2S. The molecule has 29 heavy (non-hydrogen) atoms. The number of sulfonamides is 1. The normalized spacial score (nSPS) is 15.8. The second-order valence-electron chi connectivity index (χ2n) is 6.88. The Bertz CT molecular complexity index is 1110. The Labute approximate surface area is 169 Å². The van der Waals surface area contributed by atoms with Crippen molar-refractivity contribution < 1.29 is 8.42 Å². The van der Waals surface area contributed by atoms with Gasteiger partial charge in [0.25, 0.3) is 10.0 Å². The summed E-state index contributed by atoms with van der Waals surface area (Å²) < 4.78 is 31.1. The monoisotopic (exact) mass is 416 g/mol. The van der Waals surface area contributed by atoms with Crippen LogP contribution in [0, 0.1) is 13.8 Å². The second kappa shape index (κ2) is 7.56. The van der Waals surface area contributed by atoms with Crippen LogP contribution in [0.2, 0.25) is 0 Å². The third-order valence-electron chi connectivity index (χ3n) is 5.17. The van der Waals surface area contributed by atoms with E-state index in [9.17, 15) is 8.42 Å². The Morgan fingerprint density at radius 3 is 2.34 bits per heavy atom. The summed E-state index contributed by atoms with van der Waals surface area (Å²) in [6, 6.07) is 1.89. The molecule has 10 nitrogen and oxygen atoms in total. The number of aryl methyl sites for hydroxylation is 3. The summed E-state index contributed by atoms with van der Waals surface area (Å²) in [6.45, 7) is 8.23. The first-order valence-corrected chi connectivity index (χ1v) is 11.0. The number of piperazine rings is 1. The van der Waals surface area contributed by atoms with Crippen molar-refractivity contribution in [1.29, 1.82) is 0 Å². The smallest absolute Gasteiger partial charge is 0.262 e. The van der Waals surface area contributed by atoms with Crippen LogP contribution in [0.3, 0.4) is 0 Å². The average molecular weight is 417 g/mol. The molecule has 0 saturated carbocycles. The van der Waals surface area contributed by atoms with Gasteiger partial charge in [-0.25, -0.2) is 28.4 Å². The number of imidazole rings is 2. The standard InChI is InChI=1S/C18H24N8O2S/c1-4-23-12-18(22-15(23)3)29(27,28)25-9-7-24(8-10-25)16-11-17(21-13-20-16)26-6-5-19-14(26)2/h5-6,11-13H,4,7-10H2,1-3H3. The molecule has 0 atom stereocenters. The van der Waals surface area contributed by atoms with E-state index in [4.69, 9.17) is 0 Å². The summed E-state index contributed by atoms with van der Waals surface area (Å²) in [7, 11) is -3.60. The van der Waals surface area contributed by atoms with Crippen molar-refractivity contribution in [2.45, 2.75) is 32.3 Å². The third-order valence-corrected chi connectivity index (χ3v) is 6.94. The van der Waals surface area contributed by atoms with Crippen LogP contribution < -0.4 is 4.90 Å². The van der Waals surface area contributed by atoms with Gasteiger partial charge in [0.05, 0.1) is 0 Å². The fraction of sp³-hybridized carbons (Fsp3) is 0.444. The fourth-order valence-electron chi connectivity index (χ4n) is 3.48. The summed E-state index contributed by atoms with van der Waals surface area (Å²) in [5.41, 5.74) is 0. The van der Waals surface area contributed by atoms with E-state index in [2.05, 4.69) is 24.8 Å². The van der Waals surface area contributed by atoms with Crippen molar-refractivity contribution in [3.63, 3.8) is 0 Å². The number of rotatable bonds is 5. The van der Waals surface area contributed by atoms with Crippen LogP contribution in [-0.4, -0.2) is 68.0 Å². The molecule has 0 bridgehead atoms. The summed E-state index contributed by atoms with van der Waals surface area (Å²) in [5.74, 6) is 3.05. The molecule has 3 aromatic heterocycles. The van der Waals surface area contributed by atoms with E-state index in [0.29, 0.717) is 38.5 Å². The molecule has 0 unspecified atom stereocenters. The van der Waals surface area contributed by atoms with Crippen molar-refractivity contribution in [2.24, 2.45) is 0 Å². The molecule has 0 radical (unpaired) electrons. The van der Waals surface area contributed by atoms with Gasteiger partial charge in [0.15, 0.2) is 5.03 Å². The van der Waals surface area contributed by atoms with Gasteiger partial charge in [0, 0.05) is 57.4 Å². The molecule has 1 saturated heterocycles. The fourth-order valence-corrected chi connectivity index (χ4v) is 4.89. The van der Waals surface area contributed by atoms with Gasteiger partial charge >= 0.3 is 0 Å². The van der Waals surface area contributed by atoms with E-state index in [1.807, 2.05) is 42.2 Å². The highest BCUT2D eigenvalue weighted by Gasteiger charge is 2.31. The third kappa shape index (κ3) is 3.62. The molecule has 4 rings (SSSR count). The van der Waals surface area contributed by atoms with Gasteiger partial charge in [-0.3, -0.25) is 4.57 Å². The molecule has 0 N–H and O–H groups in total. The molecule has 0 amide bonds. The van der Waals surface area contributed by atoms with Crippen LogP contribution in [0.5, 0.6) is 0 Å². The van der Waals surface area contributed by atoms with Gasteiger partial charge in [-0.15, -0.1) is 0 Å². The summed E-state index contributed by atoms with van der Waals surface area (Å²) in [5, 5.41) is 0.116. The Morgan fingerprint density at radius 1 is 1.00 bits per heavy atom. The molecule has 1 aliphatic heterocycles. The highest BCUT2D eigenvalue weighted by Crippen LogP contribution is 2.21. The molecule has 0 aromatic carbocycles. The lowest BCUT2D eigenvalue weighted by molar-refractivity contribution is 0.382. The molecule has 154 valence electrons. The largest absolute Gasteiger partial charge is 0.354 e. The van der Waals surface area contributed by atoms with E-state index in [-0.39, 0.29) is 5.03 Å². The average Bonchev–Trinajstić information content (AvgIpc) is 3.33.